The van der Waals surface area contributed by atoms with Crippen LogP contribution in [0, 0.1) is 13.8 Å². The van der Waals surface area contributed by atoms with Crippen LogP contribution in [0.3, 0.4) is 0 Å². The van der Waals surface area contributed by atoms with Gasteiger partial charge < -0.3 is 14.8 Å². The number of hydrogen-bond donors (Lipinski definition) is 1. The van der Waals surface area contributed by atoms with Crippen LogP contribution in [0.4, 0.5) is 5.69 Å². The van der Waals surface area contributed by atoms with Crippen molar-refractivity contribution in [2.45, 2.75) is 26.9 Å². The molecular formula is C19H23N3O4. The Morgan fingerprint density at radius 3 is 2.42 bits per heavy atom. The second-order valence-corrected chi connectivity index (χ2v) is 5.84. The number of nitrogens with one attached hydrogen (secondary N) is 1. The molecule has 0 fully saturated rings. The van der Waals surface area contributed by atoms with E-state index in [4.69, 9.17) is 9.47 Å². The summed E-state index contributed by atoms with van der Waals surface area (Å²) in [7, 11) is 3.40. The molecule has 26 heavy (non-hydrogen) atoms. The summed E-state index contributed by atoms with van der Waals surface area (Å²) in [6.07, 6.45) is 2.02. The SMILES string of the molecule is COc1ccc(NC(=O)[C@@H](C)OC(=O)/C=C/c2c(C)nn(C)c2C)cc1. The smallest absolute Gasteiger partial charge is 0.331 e. The second-order valence-electron chi connectivity index (χ2n) is 5.84. The third-order valence-corrected chi connectivity index (χ3v) is 3.97. The van der Waals surface area contributed by atoms with Gasteiger partial charge in [-0.05, 0) is 51.1 Å². The molecule has 0 aliphatic carbocycles. The van der Waals surface area contributed by atoms with Crippen LogP contribution in [-0.2, 0) is 21.4 Å². The van der Waals surface area contributed by atoms with Crippen LogP contribution < -0.4 is 10.1 Å². The number of aromatic nitrogens is 2. The van der Waals surface area contributed by atoms with E-state index < -0.39 is 18.0 Å². The summed E-state index contributed by atoms with van der Waals surface area (Å²) in [6.45, 7) is 5.30. The molecule has 2 rings (SSSR count). The van der Waals surface area contributed by atoms with E-state index in [-0.39, 0.29) is 0 Å². The Morgan fingerprint density at radius 2 is 1.88 bits per heavy atom. The minimum Gasteiger partial charge on any atom is -0.497 e. The van der Waals surface area contributed by atoms with Crippen molar-refractivity contribution >= 4 is 23.6 Å². The summed E-state index contributed by atoms with van der Waals surface area (Å²) in [5.74, 6) is -0.315. The Balaban J connectivity index is 1.92. The van der Waals surface area contributed by atoms with Crippen LogP contribution in [0.25, 0.3) is 6.08 Å². The largest absolute Gasteiger partial charge is 0.497 e. The maximum absolute atomic E-state index is 12.1. The predicted octanol–water partition coefficient (Wildman–Crippen LogP) is 2.63. The van der Waals surface area contributed by atoms with E-state index in [1.165, 1.54) is 13.0 Å². The van der Waals surface area contributed by atoms with Gasteiger partial charge in [0.15, 0.2) is 6.10 Å². The number of esters is 1. The number of anilines is 1. The van der Waals surface area contributed by atoms with Gasteiger partial charge in [0, 0.05) is 30.1 Å². The lowest BCUT2D eigenvalue weighted by Gasteiger charge is -2.12. The van der Waals surface area contributed by atoms with Crippen LogP contribution in [0.2, 0.25) is 0 Å². The van der Waals surface area contributed by atoms with Crippen molar-refractivity contribution in [3.8, 4) is 5.75 Å². The summed E-state index contributed by atoms with van der Waals surface area (Å²) in [5, 5.41) is 6.96. The number of ether oxygens (including phenoxy) is 2. The molecule has 0 unspecified atom stereocenters. The fourth-order valence-corrected chi connectivity index (χ4v) is 2.37. The van der Waals surface area contributed by atoms with Crippen molar-refractivity contribution in [3.05, 3.63) is 47.3 Å². The van der Waals surface area contributed by atoms with Crippen LogP contribution in [0.15, 0.2) is 30.3 Å². The van der Waals surface area contributed by atoms with Gasteiger partial charge in [0.25, 0.3) is 5.91 Å². The van der Waals surface area contributed by atoms with Gasteiger partial charge in [-0.3, -0.25) is 9.48 Å². The molecule has 1 heterocycles. The molecule has 1 aromatic carbocycles. The number of benzene rings is 1. The molecular weight excluding hydrogens is 334 g/mol. The average Bonchev–Trinajstić information content (AvgIpc) is 2.85. The van der Waals surface area contributed by atoms with Gasteiger partial charge in [-0.15, -0.1) is 0 Å². The Bertz CT molecular complexity index is 822. The molecule has 0 radical (unpaired) electrons. The van der Waals surface area contributed by atoms with Crippen LogP contribution in [0.1, 0.15) is 23.9 Å². The third kappa shape index (κ3) is 4.72. The number of aryl methyl sites for hydroxylation is 2. The van der Waals surface area contributed by atoms with Gasteiger partial charge in [0.1, 0.15) is 5.75 Å². The monoisotopic (exact) mass is 357 g/mol. The highest BCUT2D eigenvalue weighted by Crippen LogP contribution is 2.16. The van der Waals surface area contributed by atoms with Crippen molar-refractivity contribution in [3.63, 3.8) is 0 Å². The lowest BCUT2D eigenvalue weighted by Crippen LogP contribution is -2.29. The summed E-state index contributed by atoms with van der Waals surface area (Å²) >= 11 is 0. The minimum absolute atomic E-state index is 0.411. The van der Waals surface area contributed by atoms with E-state index in [0.717, 1.165) is 17.0 Å². The second kappa shape index (κ2) is 8.33. The Morgan fingerprint density at radius 1 is 1.23 bits per heavy atom. The molecule has 7 heteroatoms. The number of hydrogen-bond acceptors (Lipinski definition) is 5. The maximum Gasteiger partial charge on any atom is 0.331 e. The van der Waals surface area contributed by atoms with Gasteiger partial charge >= 0.3 is 5.97 Å². The summed E-state index contributed by atoms with van der Waals surface area (Å²) < 4.78 is 11.9. The molecule has 1 aromatic heterocycles. The fourth-order valence-electron chi connectivity index (χ4n) is 2.37. The predicted molar refractivity (Wildman–Crippen MR) is 98.9 cm³/mol. The van der Waals surface area contributed by atoms with Gasteiger partial charge in [0.2, 0.25) is 0 Å². The van der Waals surface area contributed by atoms with E-state index >= 15 is 0 Å². The first-order chi connectivity index (χ1) is 12.3. The number of nitrogens with zero attached hydrogens (tertiary/aromatic N) is 2. The number of carbonyl (C=O) groups is 2. The van der Waals surface area contributed by atoms with Crippen LogP contribution >= 0.6 is 0 Å². The highest BCUT2D eigenvalue weighted by Gasteiger charge is 2.17. The first-order valence-electron chi connectivity index (χ1n) is 8.15. The molecule has 0 spiro atoms. The maximum atomic E-state index is 12.1. The van der Waals surface area contributed by atoms with Crippen molar-refractivity contribution in [1.29, 1.82) is 0 Å². The van der Waals surface area contributed by atoms with Crippen LogP contribution in [0.5, 0.6) is 5.75 Å². The standard InChI is InChI=1S/C19H23N3O4/c1-12-17(13(2)22(4)21-12)10-11-18(23)26-14(3)19(24)20-15-6-8-16(25-5)9-7-15/h6-11,14H,1-5H3,(H,20,24)/b11-10+/t14-/m1/s1. The minimum atomic E-state index is -0.926. The number of rotatable bonds is 6. The van der Waals surface area contributed by atoms with Crippen molar-refractivity contribution in [1.82, 2.24) is 9.78 Å². The van der Waals surface area contributed by atoms with E-state index in [2.05, 4.69) is 10.4 Å². The van der Waals surface area contributed by atoms with Gasteiger partial charge in [-0.25, -0.2) is 4.79 Å². The molecule has 1 amide bonds. The molecule has 1 N–H and O–H groups in total. The molecule has 1 atom stereocenters. The van der Waals surface area contributed by atoms with Gasteiger partial charge in [-0.2, -0.15) is 5.10 Å². The Labute approximate surface area is 152 Å². The third-order valence-electron chi connectivity index (χ3n) is 3.97. The molecule has 2 aromatic rings. The van der Waals surface area contributed by atoms with Crippen molar-refractivity contribution < 1.29 is 19.1 Å². The normalized spacial score (nSPS) is 12.0. The zero-order chi connectivity index (χ0) is 19.3. The average molecular weight is 357 g/mol. The molecule has 0 saturated heterocycles. The molecule has 0 bridgehead atoms. The highest BCUT2D eigenvalue weighted by molar-refractivity contribution is 5.96. The lowest BCUT2D eigenvalue weighted by atomic mass is 10.2. The van der Waals surface area contributed by atoms with Crippen LogP contribution in [-0.4, -0.2) is 34.9 Å². The van der Waals surface area contributed by atoms with Gasteiger partial charge in [0.05, 0.1) is 12.8 Å². The fraction of sp³-hybridized carbons (Fsp3) is 0.316. The first-order valence-corrected chi connectivity index (χ1v) is 8.15. The Kier molecular flexibility index (Phi) is 6.16. The molecule has 0 saturated carbocycles. The molecule has 7 nitrogen and oxygen atoms in total. The van der Waals surface area contributed by atoms with Gasteiger partial charge in [-0.1, -0.05) is 0 Å². The first kappa shape index (κ1) is 19.2. The topological polar surface area (TPSA) is 82.4 Å². The van der Waals surface area contributed by atoms with E-state index in [9.17, 15) is 9.59 Å². The zero-order valence-corrected chi connectivity index (χ0v) is 15.6. The van der Waals surface area contributed by atoms with E-state index in [0.29, 0.717) is 11.4 Å². The lowest BCUT2D eigenvalue weighted by molar-refractivity contribution is -0.148. The highest BCUT2D eigenvalue weighted by atomic mass is 16.5. The number of amides is 1. The summed E-state index contributed by atoms with van der Waals surface area (Å²) in [4.78, 5) is 24.1. The van der Waals surface area contributed by atoms with Crippen molar-refractivity contribution in [2.24, 2.45) is 7.05 Å². The molecule has 0 aliphatic rings. The molecule has 0 aliphatic heterocycles. The number of carbonyl (C=O) groups excluding carboxylic acids is 2. The number of methoxy groups -OCH3 is 1. The Hall–Kier alpha value is -3.09. The quantitative estimate of drug-likeness (QED) is 0.635. The summed E-state index contributed by atoms with van der Waals surface area (Å²) in [6, 6.07) is 6.87. The molecule has 138 valence electrons. The van der Waals surface area contributed by atoms with Crippen molar-refractivity contribution in [2.75, 3.05) is 12.4 Å². The van der Waals surface area contributed by atoms with E-state index in [1.807, 2.05) is 20.9 Å². The summed E-state index contributed by atoms with van der Waals surface area (Å²) in [5.41, 5.74) is 3.21. The van der Waals surface area contributed by atoms with E-state index in [1.54, 1.807) is 42.1 Å². The zero-order valence-electron chi connectivity index (χ0n) is 15.6.